The molecule has 2 aliphatic heterocycles. The molecule has 3 aromatic rings. The Kier molecular flexibility index (Phi) is 4.88. The van der Waals surface area contributed by atoms with Gasteiger partial charge in [0.2, 0.25) is 5.91 Å². The molecule has 0 bridgehead atoms. The van der Waals surface area contributed by atoms with Gasteiger partial charge >= 0.3 is 0 Å². The van der Waals surface area contributed by atoms with E-state index in [4.69, 9.17) is 15.0 Å². The van der Waals surface area contributed by atoms with Crippen LogP contribution in [0.4, 0.5) is 11.6 Å². The SMILES string of the molecule is Cc1cc(N2CCC[C@H]2c2nc(C)c3c(n2)N(C)C(=O)CC3)nc(-c2ccccc2)n1. The highest BCUT2D eigenvalue weighted by Crippen LogP contribution is 2.37. The maximum absolute atomic E-state index is 12.2. The van der Waals surface area contributed by atoms with E-state index >= 15 is 0 Å². The van der Waals surface area contributed by atoms with Crippen molar-refractivity contribution >= 4 is 17.5 Å². The van der Waals surface area contributed by atoms with Gasteiger partial charge in [-0.25, -0.2) is 19.9 Å². The molecule has 7 nitrogen and oxygen atoms in total. The second-order valence-electron chi connectivity index (χ2n) is 8.33. The Balaban J connectivity index is 1.54. The summed E-state index contributed by atoms with van der Waals surface area (Å²) in [5.41, 5.74) is 3.99. The number of rotatable bonds is 3. The molecule has 0 radical (unpaired) electrons. The lowest BCUT2D eigenvalue weighted by atomic mass is 10.0. The third kappa shape index (κ3) is 3.54. The van der Waals surface area contributed by atoms with E-state index in [1.165, 1.54) is 0 Å². The summed E-state index contributed by atoms with van der Waals surface area (Å²) in [6, 6.07) is 12.1. The minimum atomic E-state index is 0.0346. The summed E-state index contributed by atoms with van der Waals surface area (Å²) in [7, 11) is 1.81. The third-order valence-corrected chi connectivity index (χ3v) is 6.21. The van der Waals surface area contributed by atoms with Gasteiger partial charge in [0.1, 0.15) is 11.6 Å². The Labute approximate surface area is 182 Å². The standard InChI is InChI=1S/C24H26N6O/c1-15-14-20(27-22(25-15)17-8-5-4-6-9-17)30-13-7-10-19(30)23-26-16(2)18-11-12-21(31)29(3)24(18)28-23/h4-6,8-9,14,19H,7,10-13H2,1-3H3/t19-/m0/s1. The minimum absolute atomic E-state index is 0.0346. The molecule has 158 valence electrons. The number of fused-ring (bicyclic) bond motifs is 1. The van der Waals surface area contributed by atoms with Crippen LogP contribution in [0.3, 0.4) is 0 Å². The van der Waals surface area contributed by atoms with Crippen molar-refractivity contribution in [3.8, 4) is 11.4 Å². The van der Waals surface area contributed by atoms with Crippen LogP contribution in [0.25, 0.3) is 11.4 Å². The summed E-state index contributed by atoms with van der Waals surface area (Å²) in [6.07, 6.45) is 3.23. The Morgan fingerprint density at radius 3 is 2.61 bits per heavy atom. The second-order valence-corrected chi connectivity index (χ2v) is 8.33. The first-order chi connectivity index (χ1) is 15.0. The van der Waals surface area contributed by atoms with Crippen LogP contribution in [0.1, 0.15) is 48.1 Å². The zero-order valence-corrected chi connectivity index (χ0v) is 18.2. The summed E-state index contributed by atoms with van der Waals surface area (Å²) in [5.74, 6) is 3.27. The van der Waals surface area contributed by atoms with Crippen molar-refractivity contribution in [2.24, 2.45) is 0 Å². The molecule has 4 heterocycles. The molecule has 0 unspecified atom stereocenters. The van der Waals surface area contributed by atoms with E-state index in [0.29, 0.717) is 12.8 Å². The normalized spacial score (nSPS) is 18.4. The van der Waals surface area contributed by atoms with Gasteiger partial charge in [0.05, 0.1) is 6.04 Å². The number of hydrogen-bond donors (Lipinski definition) is 0. The van der Waals surface area contributed by atoms with E-state index in [1.54, 1.807) is 4.90 Å². The Morgan fingerprint density at radius 2 is 1.81 bits per heavy atom. The number of nitrogens with zero attached hydrogens (tertiary/aromatic N) is 6. The average molecular weight is 415 g/mol. The topological polar surface area (TPSA) is 75.1 Å². The van der Waals surface area contributed by atoms with E-state index in [-0.39, 0.29) is 11.9 Å². The van der Waals surface area contributed by atoms with Crippen LogP contribution in [-0.2, 0) is 11.2 Å². The van der Waals surface area contributed by atoms with Crippen molar-refractivity contribution in [3.63, 3.8) is 0 Å². The molecular weight excluding hydrogens is 388 g/mol. The fourth-order valence-electron chi connectivity index (χ4n) is 4.56. The van der Waals surface area contributed by atoms with Crippen molar-refractivity contribution in [2.75, 3.05) is 23.4 Å². The smallest absolute Gasteiger partial charge is 0.228 e. The van der Waals surface area contributed by atoms with Gasteiger partial charge < -0.3 is 4.90 Å². The molecule has 0 saturated carbocycles. The Morgan fingerprint density at radius 1 is 1.00 bits per heavy atom. The van der Waals surface area contributed by atoms with Gasteiger partial charge in [-0.3, -0.25) is 9.69 Å². The predicted octanol–water partition coefficient (Wildman–Crippen LogP) is 3.80. The van der Waals surface area contributed by atoms with Crippen LogP contribution < -0.4 is 9.80 Å². The predicted molar refractivity (Wildman–Crippen MR) is 120 cm³/mol. The van der Waals surface area contributed by atoms with E-state index in [2.05, 4.69) is 9.88 Å². The zero-order valence-electron chi connectivity index (χ0n) is 18.2. The number of anilines is 2. The summed E-state index contributed by atoms with van der Waals surface area (Å²) >= 11 is 0. The fraction of sp³-hybridized carbons (Fsp3) is 0.375. The molecular formula is C24H26N6O. The van der Waals surface area contributed by atoms with E-state index < -0.39 is 0 Å². The van der Waals surface area contributed by atoms with Crippen LogP contribution in [0.5, 0.6) is 0 Å². The lowest BCUT2D eigenvalue weighted by Crippen LogP contribution is -2.34. The highest BCUT2D eigenvalue weighted by Gasteiger charge is 2.33. The number of carbonyl (C=O) groups excluding carboxylic acids is 1. The minimum Gasteiger partial charge on any atom is -0.346 e. The number of aromatic nitrogens is 4. The maximum Gasteiger partial charge on any atom is 0.228 e. The zero-order chi connectivity index (χ0) is 21.5. The van der Waals surface area contributed by atoms with Crippen molar-refractivity contribution in [3.05, 3.63) is 59.2 Å². The summed E-state index contributed by atoms with van der Waals surface area (Å²) in [4.78, 5) is 35.5. The Bertz CT molecular complexity index is 1150. The second kappa shape index (κ2) is 7.72. The number of carbonyl (C=O) groups is 1. The molecule has 31 heavy (non-hydrogen) atoms. The fourth-order valence-corrected chi connectivity index (χ4v) is 4.56. The lowest BCUT2D eigenvalue weighted by molar-refractivity contribution is -0.118. The van der Waals surface area contributed by atoms with E-state index in [0.717, 1.165) is 65.2 Å². The molecule has 1 aromatic carbocycles. The highest BCUT2D eigenvalue weighted by atomic mass is 16.2. The van der Waals surface area contributed by atoms with Crippen LogP contribution in [-0.4, -0.2) is 39.4 Å². The van der Waals surface area contributed by atoms with Gasteiger partial charge in [0, 0.05) is 48.6 Å². The quantitative estimate of drug-likeness (QED) is 0.649. The molecule has 2 aliphatic rings. The first-order valence-electron chi connectivity index (χ1n) is 10.8. The number of benzene rings is 1. The molecule has 0 aliphatic carbocycles. The maximum atomic E-state index is 12.2. The van der Waals surface area contributed by atoms with Crippen LogP contribution in [0, 0.1) is 13.8 Å². The van der Waals surface area contributed by atoms with Gasteiger partial charge in [-0.2, -0.15) is 0 Å². The molecule has 1 amide bonds. The third-order valence-electron chi connectivity index (χ3n) is 6.21. The van der Waals surface area contributed by atoms with Gasteiger partial charge in [-0.15, -0.1) is 0 Å². The molecule has 1 saturated heterocycles. The number of hydrogen-bond acceptors (Lipinski definition) is 6. The van der Waals surface area contributed by atoms with Crippen molar-refractivity contribution in [1.29, 1.82) is 0 Å². The molecule has 0 N–H and O–H groups in total. The van der Waals surface area contributed by atoms with Gasteiger partial charge in [0.25, 0.3) is 0 Å². The first-order valence-corrected chi connectivity index (χ1v) is 10.8. The molecule has 1 fully saturated rings. The number of aryl methyl sites for hydroxylation is 2. The summed E-state index contributed by atoms with van der Waals surface area (Å²) < 4.78 is 0. The molecule has 1 atom stereocenters. The molecule has 7 heteroatoms. The molecule has 0 spiro atoms. The van der Waals surface area contributed by atoms with Gasteiger partial charge in [0.15, 0.2) is 11.6 Å². The van der Waals surface area contributed by atoms with E-state index in [9.17, 15) is 4.79 Å². The van der Waals surface area contributed by atoms with Gasteiger partial charge in [-0.05, 0) is 33.1 Å². The monoisotopic (exact) mass is 414 g/mol. The first kappa shape index (κ1) is 19.6. The molecule has 2 aromatic heterocycles. The number of amides is 1. The van der Waals surface area contributed by atoms with Gasteiger partial charge in [-0.1, -0.05) is 30.3 Å². The highest BCUT2D eigenvalue weighted by molar-refractivity contribution is 5.94. The largest absolute Gasteiger partial charge is 0.346 e. The molecule has 5 rings (SSSR count). The van der Waals surface area contributed by atoms with Crippen molar-refractivity contribution in [2.45, 2.75) is 45.6 Å². The average Bonchev–Trinajstić information content (AvgIpc) is 3.27. The van der Waals surface area contributed by atoms with Crippen molar-refractivity contribution in [1.82, 2.24) is 19.9 Å². The van der Waals surface area contributed by atoms with Crippen molar-refractivity contribution < 1.29 is 4.79 Å². The summed E-state index contributed by atoms with van der Waals surface area (Å²) in [6.45, 7) is 4.92. The lowest BCUT2D eigenvalue weighted by Gasteiger charge is -2.29. The van der Waals surface area contributed by atoms with E-state index in [1.807, 2.05) is 57.3 Å². The Hall–Kier alpha value is -3.35. The summed E-state index contributed by atoms with van der Waals surface area (Å²) in [5, 5.41) is 0. The van der Waals surface area contributed by atoms with Crippen LogP contribution in [0.15, 0.2) is 36.4 Å². The van der Waals surface area contributed by atoms with Crippen LogP contribution >= 0.6 is 0 Å². The van der Waals surface area contributed by atoms with Crippen LogP contribution in [0.2, 0.25) is 0 Å².